The van der Waals surface area contributed by atoms with Gasteiger partial charge in [0.2, 0.25) is 5.91 Å². The number of carbonyl (C=O) groups is 2. The predicted octanol–water partition coefficient (Wildman–Crippen LogP) is 3.26. The number of hydrogen-bond acceptors (Lipinski definition) is 4. The molecule has 0 spiro atoms. The van der Waals surface area contributed by atoms with E-state index < -0.39 is 0 Å². The second-order valence-electron chi connectivity index (χ2n) is 6.31. The van der Waals surface area contributed by atoms with E-state index in [-0.39, 0.29) is 23.8 Å². The first-order chi connectivity index (χ1) is 10.9. The summed E-state index contributed by atoms with van der Waals surface area (Å²) in [4.78, 5) is 25.5. The Morgan fingerprint density at radius 3 is 2.70 bits per heavy atom. The highest BCUT2D eigenvalue weighted by molar-refractivity contribution is 7.16. The van der Waals surface area contributed by atoms with Gasteiger partial charge < -0.3 is 15.4 Å². The Morgan fingerprint density at radius 1 is 1.35 bits per heavy atom. The van der Waals surface area contributed by atoms with Gasteiger partial charge in [0.05, 0.1) is 11.7 Å². The van der Waals surface area contributed by atoms with Gasteiger partial charge in [0.1, 0.15) is 5.00 Å². The van der Waals surface area contributed by atoms with Crippen molar-refractivity contribution in [3.8, 4) is 0 Å². The highest BCUT2D eigenvalue weighted by atomic mass is 32.1. The maximum Gasteiger partial charge on any atom is 0.254 e. The first-order valence-electron chi connectivity index (χ1n) is 8.20. The van der Waals surface area contributed by atoms with Crippen LogP contribution in [-0.2, 0) is 9.53 Å². The Bertz CT molecular complexity index is 575. The molecule has 2 amide bonds. The van der Waals surface area contributed by atoms with Crippen LogP contribution in [0.3, 0.4) is 0 Å². The Morgan fingerprint density at radius 2 is 2.09 bits per heavy atom. The van der Waals surface area contributed by atoms with Crippen molar-refractivity contribution in [3.63, 3.8) is 0 Å². The summed E-state index contributed by atoms with van der Waals surface area (Å²) in [5.41, 5.74) is 1.53. The van der Waals surface area contributed by atoms with Crippen LogP contribution in [0, 0.1) is 19.8 Å². The molecule has 0 saturated carbocycles. The molecule has 23 heavy (non-hydrogen) atoms. The van der Waals surface area contributed by atoms with Crippen molar-refractivity contribution < 1.29 is 14.3 Å². The molecule has 6 heteroatoms. The number of ether oxygens (including phenoxy) is 1. The molecule has 2 N–H and O–H groups in total. The zero-order valence-corrected chi connectivity index (χ0v) is 15.1. The number of aryl methyl sites for hydroxylation is 1. The van der Waals surface area contributed by atoms with Crippen molar-refractivity contribution in [2.24, 2.45) is 5.92 Å². The fourth-order valence-corrected chi connectivity index (χ4v) is 3.61. The minimum absolute atomic E-state index is 0.0698. The van der Waals surface area contributed by atoms with Crippen molar-refractivity contribution in [2.45, 2.75) is 53.1 Å². The molecule has 0 aliphatic carbocycles. The van der Waals surface area contributed by atoms with Crippen molar-refractivity contribution in [1.29, 1.82) is 0 Å². The maximum absolute atomic E-state index is 12.5. The lowest BCUT2D eigenvalue weighted by Gasteiger charge is -2.12. The minimum Gasteiger partial charge on any atom is -0.378 e. The van der Waals surface area contributed by atoms with Crippen LogP contribution >= 0.6 is 11.3 Å². The average molecular weight is 338 g/mol. The van der Waals surface area contributed by atoms with Crippen molar-refractivity contribution in [1.82, 2.24) is 5.32 Å². The highest BCUT2D eigenvalue weighted by Crippen LogP contribution is 2.32. The Hall–Kier alpha value is -1.40. The molecule has 5 nitrogen and oxygen atoms in total. The van der Waals surface area contributed by atoms with Crippen molar-refractivity contribution in [2.75, 3.05) is 18.5 Å². The maximum atomic E-state index is 12.5. The summed E-state index contributed by atoms with van der Waals surface area (Å²) in [6.45, 7) is 8.98. The van der Waals surface area contributed by atoms with Crippen LogP contribution in [-0.4, -0.2) is 31.1 Å². The largest absolute Gasteiger partial charge is 0.378 e. The summed E-state index contributed by atoms with van der Waals surface area (Å²) >= 11 is 1.46. The number of hydrogen-bond donors (Lipinski definition) is 2. The van der Waals surface area contributed by atoms with Gasteiger partial charge in [-0.25, -0.2) is 0 Å². The molecule has 2 rings (SSSR count). The molecule has 0 radical (unpaired) electrons. The van der Waals surface area contributed by atoms with E-state index in [1.54, 1.807) is 0 Å². The van der Waals surface area contributed by atoms with E-state index in [0.29, 0.717) is 17.1 Å². The average Bonchev–Trinajstić information content (AvgIpc) is 3.08. The summed E-state index contributed by atoms with van der Waals surface area (Å²) in [5, 5.41) is 6.48. The highest BCUT2D eigenvalue weighted by Gasteiger charge is 2.22. The van der Waals surface area contributed by atoms with Gasteiger partial charge in [-0.3, -0.25) is 9.59 Å². The zero-order chi connectivity index (χ0) is 17.0. The van der Waals surface area contributed by atoms with Crippen LogP contribution in [0.1, 0.15) is 53.9 Å². The fraction of sp³-hybridized carbons (Fsp3) is 0.647. The number of rotatable bonds is 6. The van der Waals surface area contributed by atoms with Gasteiger partial charge in [-0.05, 0) is 38.7 Å². The third-order valence-electron chi connectivity index (χ3n) is 4.15. The lowest BCUT2D eigenvalue weighted by atomic mass is 10.1. The molecule has 0 aromatic carbocycles. The molecule has 128 valence electrons. The summed E-state index contributed by atoms with van der Waals surface area (Å²) in [6, 6.07) is 0. The van der Waals surface area contributed by atoms with E-state index in [4.69, 9.17) is 4.74 Å². The summed E-state index contributed by atoms with van der Waals surface area (Å²) < 4.78 is 5.56. The number of nitrogens with one attached hydrogen (secondary N) is 2. The molecule has 1 fully saturated rings. The van der Waals surface area contributed by atoms with Gasteiger partial charge in [-0.2, -0.15) is 0 Å². The lowest BCUT2D eigenvalue weighted by Crippen LogP contribution is -2.28. The number of carbonyl (C=O) groups excluding carboxylic acids is 2. The van der Waals surface area contributed by atoms with Crippen LogP contribution in [0.4, 0.5) is 5.00 Å². The minimum atomic E-state index is -0.121. The van der Waals surface area contributed by atoms with E-state index in [9.17, 15) is 9.59 Å². The molecule has 0 bridgehead atoms. The van der Waals surface area contributed by atoms with E-state index in [2.05, 4.69) is 10.6 Å². The van der Waals surface area contributed by atoms with E-state index in [1.807, 2.05) is 27.7 Å². The van der Waals surface area contributed by atoms with Crippen molar-refractivity contribution >= 4 is 28.2 Å². The van der Waals surface area contributed by atoms with E-state index >= 15 is 0 Å². The van der Waals surface area contributed by atoms with Gasteiger partial charge in [-0.15, -0.1) is 11.3 Å². The predicted molar refractivity (Wildman–Crippen MR) is 93.2 cm³/mol. The monoisotopic (exact) mass is 338 g/mol. The second-order valence-corrected chi connectivity index (χ2v) is 7.54. The van der Waals surface area contributed by atoms with Gasteiger partial charge in [0.15, 0.2) is 0 Å². The third kappa shape index (κ3) is 4.54. The number of amides is 2. The third-order valence-corrected chi connectivity index (χ3v) is 5.27. The van der Waals surface area contributed by atoms with E-state index in [0.717, 1.165) is 36.3 Å². The van der Waals surface area contributed by atoms with Crippen LogP contribution in [0.25, 0.3) is 0 Å². The van der Waals surface area contributed by atoms with Crippen molar-refractivity contribution in [3.05, 3.63) is 16.0 Å². The van der Waals surface area contributed by atoms with Crippen LogP contribution in [0.5, 0.6) is 0 Å². The van der Waals surface area contributed by atoms with Gasteiger partial charge >= 0.3 is 0 Å². The normalized spacial score (nSPS) is 17.5. The van der Waals surface area contributed by atoms with Crippen LogP contribution < -0.4 is 10.6 Å². The fourth-order valence-electron chi connectivity index (χ4n) is 2.55. The number of anilines is 1. The van der Waals surface area contributed by atoms with Crippen LogP contribution in [0.15, 0.2) is 0 Å². The number of thiophene rings is 1. The van der Waals surface area contributed by atoms with Gasteiger partial charge in [0, 0.05) is 23.9 Å². The Kier molecular flexibility index (Phi) is 6.18. The quantitative estimate of drug-likeness (QED) is 0.836. The molecule has 1 atom stereocenters. The molecular formula is C17H26N2O3S. The standard InChI is InChI=1S/C17H26N2O3S/c1-10(2)15(20)19-17-14(11(3)12(4)23-17)16(21)18-8-7-13-6-5-9-22-13/h10,13H,5-9H2,1-4H3,(H,18,21)(H,19,20). The topological polar surface area (TPSA) is 67.4 Å². The molecule has 1 aromatic rings. The molecule has 2 heterocycles. The first kappa shape index (κ1) is 17.9. The smallest absolute Gasteiger partial charge is 0.254 e. The lowest BCUT2D eigenvalue weighted by molar-refractivity contribution is -0.118. The SMILES string of the molecule is Cc1sc(NC(=O)C(C)C)c(C(=O)NCCC2CCCO2)c1C. The molecule has 1 unspecified atom stereocenters. The van der Waals surface area contributed by atoms with Gasteiger partial charge in [0.25, 0.3) is 5.91 Å². The second kappa shape index (κ2) is 7.93. The zero-order valence-electron chi connectivity index (χ0n) is 14.3. The molecule has 1 aromatic heterocycles. The van der Waals surface area contributed by atoms with E-state index in [1.165, 1.54) is 11.3 Å². The molecule has 1 saturated heterocycles. The van der Waals surface area contributed by atoms with Gasteiger partial charge in [-0.1, -0.05) is 13.8 Å². The summed E-state index contributed by atoms with van der Waals surface area (Å²) in [7, 11) is 0. The molecular weight excluding hydrogens is 312 g/mol. The Balaban J connectivity index is 2.01. The van der Waals surface area contributed by atoms with Crippen LogP contribution in [0.2, 0.25) is 0 Å². The summed E-state index contributed by atoms with van der Waals surface area (Å²) in [5.74, 6) is -0.309. The molecule has 1 aliphatic rings. The Labute approximate surface area is 141 Å². The first-order valence-corrected chi connectivity index (χ1v) is 9.02. The molecule has 1 aliphatic heterocycles. The summed E-state index contributed by atoms with van der Waals surface area (Å²) in [6.07, 6.45) is 3.28.